The Balaban J connectivity index is 2.24. The van der Waals surface area contributed by atoms with Crippen LogP contribution in [-0.2, 0) is 9.53 Å². The van der Waals surface area contributed by atoms with Crippen LogP contribution >= 0.6 is 11.6 Å². The van der Waals surface area contributed by atoms with Crippen molar-refractivity contribution in [1.82, 2.24) is 4.98 Å². The molecule has 2 aromatic rings. The van der Waals surface area contributed by atoms with Gasteiger partial charge in [0.05, 0.1) is 12.8 Å². The Morgan fingerprint density at radius 2 is 2.06 bits per heavy atom. The van der Waals surface area contributed by atoms with Crippen molar-refractivity contribution >= 4 is 28.3 Å². The van der Waals surface area contributed by atoms with Crippen molar-refractivity contribution in [2.75, 3.05) is 13.2 Å². The van der Waals surface area contributed by atoms with Crippen LogP contribution in [0.25, 0.3) is 10.8 Å². The highest BCUT2D eigenvalue weighted by Gasteiger charge is 2.08. The number of pyridine rings is 1. The average molecular weight is 266 g/mol. The zero-order chi connectivity index (χ0) is 13.0. The molecule has 0 saturated carbocycles. The third kappa shape index (κ3) is 2.71. The van der Waals surface area contributed by atoms with Crippen molar-refractivity contribution < 1.29 is 14.3 Å². The van der Waals surface area contributed by atoms with Gasteiger partial charge < -0.3 is 9.47 Å². The molecule has 0 N–H and O–H groups in total. The summed E-state index contributed by atoms with van der Waals surface area (Å²) < 4.78 is 10.2. The van der Waals surface area contributed by atoms with Crippen LogP contribution in [0.5, 0.6) is 5.75 Å². The molecular weight excluding hydrogens is 254 g/mol. The van der Waals surface area contributed by atoms with Crippen LogP contribution in [0.4, 0.5) is 0 Å². The lowest BCUT2D eigenvalue weighted by atomic mass is 10.2. The molecule has 0 amide bonds. The van der Waals surface area contributed by atoms with Crippen molar-refractivity contribution in [3.8, 4) is 5.75 Å². The minimum Gasteiger partial charge on any atom is -0.480 e. The lowest BCUT2D eigenvalue weighted by Crippen LogP contribution is -2.14. The summed E-state index contributed by atoms with van der Waals surface area (Å²) in [6, 6.07) is 7.45. The first-order valence-electron chi connectivity index (χ1n) is 5.54. The van der Waals surface area contributed by atoms with Gasteiger partial charge in [0.25, 0.3) is 0 Å². The molecule has 0 unspecified atom stereocenters. The number of hydrogen-bond donors (Lipinski definition) is 0. The van der Waals surface area contributed by atoms with Crippen molar-refractivity contribution in [3.63, 3.8) is 0 Å². The number of hydrogen-bond acceptors (Lipinski definition) is 4. The van der Waals surface area contributed by atoms with Gasteiger partial charge in [0.1, 0.15) is 10.9 Å². The topological polar surface area (TPSA) is 48.4 Å². The van der Waals surface area contributed by atoms with Crippen LogP contribution in [0.15, 0.2) is 30.5 Å². The molecular formula is C13H12ClNO3. The molecule has 1 aromatic carbocycles. The molecule has 0 saturated heterocycles. The first-order chi connectivity index (χ1) is 8.72. The van der Waals surface area contributed by atoms with Crippen molar-refractivity contribution in [2.45, 2.75) is 6.92 Å². The van der Waals surface area contributed by atoms with Crippen molar-refractivity contribution in [1.29, 1.82) is 0 Å². The van der Waals surface area contributed by atoms with E-state index in [0.717, 1.165) is 10.8 Å². The fraction of sp³-hybridized carbons (Fsp3) is 0.231. The molecule has 0 radical (unpaired) electrons. The second-order valence-corrected chi connectivity index (χ2v) is 3.91. The number of esters is 1. The molecule has 0 spiro atoms. The van der Waals surface area contributed by atoms with Crippen molar-refractivity contribution in [2.24, 2.45) is 0 Å². The number of fused-ring (bicyclic) bond motifs is 1. The summed E-state index contributed by atoms with van der Waals surface area (Å²) >= 11 is 5.98. The number of ether oxygens (including phenoxy) is 2. The van der Waals surface area contributed by atoms with Crippen LogP contribution in [-0.4, -0.2) is 24.2 Å². The number of halogens is 1. The number of aromatic nitrogens is 1. The maximum Gasteiger partial charge on any atom is 0.344 e. The molecule has 1 heterocycles. The Hall–Kier alpha value is -1.81. The summed E-state index contributed by atoms with van der Waals surface area (Å²) in [6.45, 7) is 1.94. The predicted molar refractivity (Wildman–Crippen MR) is 68.9 cm³/mol. The summed E-state index contributed by atoms with van der Waals surface area (Å²) in [5.41, 5.74) is 0. The zero-order valence-corrected chi connectivity index (χ0v) is 10.6. The number of nitrogens with zero attached hydrogens (tertiary/aromatic N) is 1. The Bertz CT molecular complexity index is 571. The largest absolute Gasteiger partial charge is 0.480 e. The Morgan fingerprint density at radius 1 is 1.33 bits per heavy atom. The van der Waals surface area contributed by atoms with E-state index in [0.29, 0.717) is 17.5 Å². The summed E-state index contributed by atoms with van der Waals surface area (Å²) in [5.74, 6) is 0.111. The number of rotatable bonds is 4. The van der Waals surface area contributed by atoms with E-state index in [1.54, 1.807) is 6.92 Å². The van der Waals surface area contributed by atoms with Gasteiger partial charge in [-0.2, -0.15) is 0 Å². The molecule has 18 heavy (non-hydrogen) atoms. The average Bonchev–Trinajstić information content (AvgIpc) is 2.39. The third-order valence-corrected chi connectivity index (χ3v) is 2.66. The van der Waals surface area contributed by atoms with Crippen LogP contribution in [0.1, 0.15) is 6.92 Å². The second kappa shape index (κ2) is 5.69. The first-order valence-corrected chi connectivity index (χ1v) is 5.92. The standard InChI is InChI=1S/C13H12ClNO3/c1-2-17-12(16)8-18-11-7-15-13(14)10-6-4-3-5-9(10)11/h3-7H,2,8H2,1H3. The second-order valence-electron chi connectivity index (χ2n) is 3.55. The van der Waals surface area contributed by atoms with Gasteiger partial charge in [-0.3, -0.25) is 0 Å². The molecule has 0 aliphatic heterocycles. The minimum absolute atomic E-state index is 0.138. The lowest BCUT2D eigenvalue weighted by Gasteiger charge is -2.09. The third-order valence-electron chi connectivity index (χ3n) is 2.36. The van der Waals surface area contributed by atoms with E-state index >= 15 is 0 Å². The van der Waals surface area contributed by atoms with Crippen molar-refractivity contribution in [3.05, 3.63) is 35.6 Å². The van der Waals surface area contributed by atoms with Gasteiger partial charge in [-0.1, -0.05) is 35.9 Å². The quantitative estimate of drug-likeness (QED) is 0.630. The summed E-state index contributed by atoms with van der Waals surface area (Å²) in [4.78, 5) is 15.2. The molecule has 2 rings (SSSR count). The van der Waals surface area contributed by atoms with Gasteiger partial charge in [0.15, 0.2) is 6.61 Å². The predicted octanol–water partition coefficient (Wildman–Crippen LogP) is 2.83. The maximum absolute atomic E-state index is 11.2. The smallest absolute Gasteiger partial charge is 0.344 e. The summed E-state index contributed by atoms with van der Waals surface area (Å²) in [7, 11) is 0. The van der Waals surface area contributed by atoms with Crippen LogP contribution in [0.3, 0.4) is 0 Å². The van der Waals surface area contributed by atoms with Crippen LogP contribution in [0, 0.1) is 0 Å². The molecule has 0 bridgehead atoms. The van der Waals surface area contributed by atoms with E-state index in [4.69, 9.17) is 21.1 Å². The SMILES string of the molecule is CCOC(=O)COc1cnc(Cl)c2ccccc12. The summed E-state index contributed by atoms with van der Waals surface area (Å²) in [5, 5.41) is 2.02. The molecule has 0 fully saturated rings. The number of carbonyl (C=O) groups excluding carboxylic acids is 1. The fourth-order valence-electron chi connectivity index (χ4n) is 1.59. The maximum atomic E-state index is 11.2. The highest BCUT2D eigenvalue weighted by Crippen LogP contribution is 2.29. The molecule has 5 heteroatoms. The molecule has 4 nitrogen and oxygen atoms in total. The van der Waals surface area contributed by atoms with Gasteiger partial charge >= 0.3 is 5.97 Å². The van der Waals surface area contributed by atoms with Gasteiger partial charge in [0, 0.05) is 10.8 Å². The molecule has 94 valence electrons. The fourth-order valence-corrected chi connectivity index (χ4v) is 1.80. The first kappa shape index (κ1) is 12.6. The normalized spacial score (nSPS) is 10.3. The molecule has 0 aliphatic carbocycles. The monoisotopic (exact) mass is 265 g/mol. The highest BCUT2D eigenvalue weighted by atomic mass is 35.5. The van der Waals surface area contributed by atoms with Gasteiger partial charge in [-0.05, 0) is 6.92 Å². The molecule has 1 aromatic heterocycles. The zero-order valence-electron chi connectivity index (χ0n) is 9.85. The van der Waals surface area contributed by atoms with Crippen LogP contribution < -0.4 is 4.74 Å². The Kier molecular flexibility index (Phi) is 3.99. The molecule has 0 atom stereocenters. The van der Waals surface area contributed by atoms with Gasteiger partial charge in [-0.15, -0.1) is 0 Å². The van der Waals surface area contributed by atoms with Crippen LogP contribution in [0.2, 0.25) is 5.15 Å². The van der Waals surface area contributed by atoms with E-state index in [9.17, 15) is 4.79 Å². The molecule has 0 aliphatic rings. The highest BCUT2D eigenvalue weighted by molar-refractivity contribution is 6.34. The number of benzene rings is 1. The van der Waals surface area contributed by atoms with Gasteiger partial charge in [0.2, 0.25) is 0 Å². The minimum atomic E-state index is -0.406. The lowest BCUT2D eigenvalue weighted by molar-refractivity contribution is -0.145. The van der Waals surface area contributed by atoms with E-state index < -0.39 is 5.97 Å². The Morgan fingerprint density at radius 3 is 2.78 bits per heavy atom. The van der Waals surface area contributed by atoms with E-state index in [1.807, 2.05) is 24.3 Å². The summed E-state index contributed by atoms with van der Waals surface area (Å²) in [6.07, 6.45) is 1.50. The number of carbonyl (C=O) groups is 1. The van der Waals surface area contributed by atoms with E-state index in [1.165, 1.54) is 6.20 Å². The van der Waals surface area contributed by atoms with E-state index in [-0.39, 0.29) is 6.61 Å². The van der Waals surface area contributed by atoms with E-state index in [2.05, 4.69) is 4.98 Å². The Labute approximate surface area is 109 Å². The van der Waals surface area contributed by atoms with Gasteiger partial charge in [-0.25, -0.2) is 9.78 Å².